The second kappa shape index (κ2) is 57.2. The SMILES string of the molecule is CCCCCCCCC/C=C\CCCCCCCCCC(=O)OCC(COP(=O)(O)OCC[N+](C)(C)C)OC(=O)CCCCCCCCCCCCCCCCCCCCCCC/C=C\CCCCCCCCCC. The number of hydrogen-bond acceptors (Lipinski definition) is 7. The van der Waals surface area contributed by atoms with Gasteiger partial charge >= 0.3 is 19.8 Å². The summed E-state index contributed by atoms with van der Waals surface area (Å²) in [5, 5.41) is 0. The molecule has 1 N–H and O–H groups in total. The molecule has 75 heavy (non-hydrogen) atoms. The predicted octanol–water partition coefficient (Wildman–Crippen LogP) is 20.5. The van der Waals surface area contributed by atoms with E-state index in [1.54, 1.807) is 0 Å². The normalized spacial score (nSPS) is 13.3. The van der Waals surface area contributed by atoms with Crippen LogP contribution in [0.1, 0.15) is 328 Å². The number of allylic oxidation sites excluding steroid dienone is 4. The van der Waals surface area contributed by atoms with Crippen molar-refractivity contribution in [3.05, 3.63) is 24.3 Å². The van der Waals surface area contributed by atoms with Crippen LogP contribution in [0.2, 0.25) is 0 Å². The zero-order valence-corrected chi connectivity index (χ0v) is 51.5. The smallest absolute Gasteiger partial charge is 0.462 e. The molecule has 0 amide bonds. The van der Waals surface area contributed by atoms with E-state index in [1.807, 2.05) is 21.1 Å². The molecule has 0 spiro atoms. The predicted molar refractivity (Wildman–Crippen MR) is 321 cm³/mol. The van der Waals surface area contributed by atoms with Gasteiger partial charge in [0.05, 0.1) is 27.7 Å². The minimum absolute atomic E-state index is 0.0340. The average Bonchev–Trinajstić information content (AvgIpc) is 3.37. The maximum Gasteiger partial charge on any atom is 0.472 e. The number of carbonyl (C=O) groups excluding carboxylic acids is 2. The quantitative estimate of drug-likeness (QED) is 0.0211. The lowest BCUT2D eigenvalue weighted by Crippen LogP contribution is -2.37. The molecule has 0 saturated heterocycles. The Morgan fingerprint density at radius 3 is 0.987 bits per heavy atom. The number of ether oxygens (including phenoxy) is 2. The molecule has 0 aliphatic rings. The van der Waals surface area contributed by atoms with E-state index in [0.29, 0.717) is 17.4 Å². The lowest BCUT2D eigenvalue weighted by molar-refractivity contribution is -0.870. The molecule has 0 aromatic carbocycles. The van der Waals surface area contributed by atoms with Gasteiger partial charge in [-0.3, -0.25) is 18.6 Å². The maximum absolute atomic E-state index is 12.8. The number of hydrogen-bond donors (Lipinski definition) is 1. The van der Waals surface area contributed by atoms with E-state index >= 15 is 0 Å². The van der Waals surface area contributed by atoms with Crippen LogP contribution in [0.25, 0.3) is 0 Å². The van der Waals surface area contributed by atoms with Gasteiger partial charge in [-0.05, 0) is 64.2 Å². The summed E-state index contributed by atoms with van der Waals surface area (Å²) in [6.45, 7) is 4.48. The first-order valence-electron chi connectivity index (χ1n) is 32.6. The highest BCUT2D eigenvalue weighted by atomic mass is 31.2. The molecule has 0 saturated carbocycles. The molecule has 444 valence electrons. The first-order valence-corrected chi connectivity index (χ1v) is 34.1. The summed E-state index contributed by atoms with van der Waals surface area (Å²) < 4.78 is 34.6. The number of phosphoric acid groups is 1. The van der Waals surface area contributed by atoms with Crippen LogP contribution >= 0.6 is 7.82 Å². The van der Waals surface area contributed by atoms with Gasteiger partial charge in [-0.15, -0.1) is 0 Å². The third-order valence-corrected chi connectivity index (χ3v) is 15.7. The minimum atomic E-state index is -4.38. The van der Waals surface area contributed by atoms with Crippen molar-refractivity contribution in [3.8, 4) is 0 Å². The van der Waals surface area contributed by atoms with Gasteiger partial charge < -0.3 is 18.9 Å². The van der Waals surface area contributed by atoms with Crippen molar-refractivity contribution < 1.29 is 42.1 Å². The molecule has 0 aromatic rings. The summed E-state index contributed by atoms with van der Waals surface area (Å²) >= 11 is 0. The van der Waals surface area contributed by atoms with Crippen molar-refractivity contribution in [2.24, 2.45) is 0 Å². The van der Waals surface area contributed by atoms with Crippen LogP contribution in [-0.2, 0) is 32.7 Å². The van der Waals surface area contributed by atoms with Crippen LogP contribution < -0.4 is 0 Å². The first kappa shape index (κ1) is 73.5. The number of likely N-dealkylation sites (N-methyl/N-ethyl adjacent to an activating group) is 1. The highest BCUT2D eigenvalue weighted by Gasteiger charge is 2.27. The third kappa shape index (κ3) is 61.6. The van der Waals surface area contributed by atoms with Gasteiger partial charge in [0.15, 0.2) is 6.10 Å². The molecule has 0 rings (SSSR count). The summed E-state index contributed by atoms with van der Waals surface area (Å²) in [6.07, 6.45) is 69.9. The molecule has 2 atom stereocenters. The molecular formula is C65H127NO8P+. The summed E-state index contributed by atoms with van der Waals surface area (Å²) in [6, 6.07) is 0. The standard InChI is InChI=1S/C65H126NO8P/c1-6-8-10-12-14-16-18-20-22-24-26-27-28-29-30-31-32-33-34-35-36-37-38-39-40-42-44-46-48-50-52-54-56-58-65(68)74-63(62-73-75(69,70)72-60-59-66(3,4)5)61-71-64(67)57-55-53-51-49-47-45-43-41-25-23-21-19-17-15-13-11-9-7-2/h23-26,63H,6-22,27-62H2,1-5H3/p+1/b25-23-,26-24-. The summed E-state index contributed by atoms with van der Waals surface area (Å²) in [4.78, 5) is 35.7. The number of carbonyl (C=O) groups is 2. The lowest BCUT2D eigenvalue weighted by Gasteiger charge is -2.24. The van der Waals surface area contributed by atoms with Crippen molar-refractivity contribution in [2.45, 2.75) is 335 Å². The number of nitrogens with zero attached hydrogens (tertiary/aromatic N) is 1. The molecule has 0 radical (unpaired) electrons. The Hall–Kier alpha value is -1.51. The summed E-state index contributed by atoms with van der Waals surface area (Å²) in [5.74, 6) is -0.784. The highest BCUT2D eigenvalue weighted by Crippen LogP contribution is 2.43. The summed E-state index contributed by atoms with van der Waals surface area (Å²) in [5.41, 5.74) is 0. The van der Waals surface area contributed by atoms with Crippen LogP contribution in [0.4, 0.5) is 0 Å². The van der Waals surface area contributed by atoms with Gasteiger partial charge in [0, 0.05) is 12.8 Å². The zero-order valence-electron chi connectivity index (χ0n) is 50.6. The van der Waals surface area contributed by atoms with Crippen molar-refractivity contribution >= 4 is 19.8 Å². The zero-order chi connectivity index (χ0) is 54.9. The lowest BCUT2D eigenvalue weighted by atomic mass is 10.0. The van der Waals surface area contributed by atoms with E-state index in [2.05, 4.69) is 38.2 Å². The van der Waals surface area contributed by atoms with Gasteiger partial charge in [0.25, 0.3) is 0 Å². The molecule has 0 aliphatic heterocycles. The van der Waals surface area contributed by atoms with Gasteiger partial charge in [0.1, 0.15) is 19.8 Å². The molecule has 0 fully saturated rings. The fourth-order valence-corrected chi connectivity index (χ4v) is 10.4. The van der Waals surface area contributed by atoms with Crippen molar-refractivity contribution in [1.82, 2.24) is 0 Å². The van der Waals surface area contributed by atoms with E-state index in [-0.39, 0.29) is 32.0 Å². The van der Waals surface area contributed by atoms with Crippen LogP contribution in [-0.4, -0.2) is 74.9 Å². The molecule has 0 aliphatic carbocycles. The Balaban J connectivity index is 3.99. The van der Waals surface area contributed by atoms with E-state index in [1.165, 1.54) is 263 Å². The molecule has 0 heterocycles. The summed E-state index contributed by atoms with van der Waals surface area (Å²) in [7, 11) is 1.49. The Morgan fingerprint density at radius 1 is 0.400 bits per heavy atom. The third-order valence-electron chi connectivity index (χ3n) is 14.7. The highest BCUT2D eigenvalue weighted by molar-refractivity contribution is 7.47. The van der Waals surface area contributed by atoms with E-state index < -0.39 is 26.5 Å². The van der Waals surface area contributed by atoms with Crippen molar-refractivity contribution in [1.29, 1.82) is 0 Å². The van der Waals surface area contributed by atoms with Crippen molar-refractivity contribution in [2.75, 3.05) is 47.5 Å². The fourth-order valence-electron chi connectivity index (χ4n) is 9.66. The van der Waals surface area contributed by atoms with Gasteiger partial charge in [-0.1, -0.05) is 276 Å². The van der Waals surface area contributed by atoms with Crippen molar-refractivity contribution in [3.63, 3.8) is 0 Å². The van der Waals surface area contributed by atoms with Crippen LogP contribution in [0, 0.1) is 0 Å². The molecular weight excluding hydrogens is 954 g/mol. The Kier molecular flexibility index (Phi) is 56.0. The number of esters is 2. The largest absolute Gasteiger partial charge is 0.472 e. The molecule has 10 heteroatoms. The Labute approximate surface area is 466 Å². The number of unbranched alkanes of at least 4 members (excludes halogenated alkanes) is 43. The molecule has 9 nitrogen and oxygen atoms in total. The Morgan fingerprint density at radius 2 is 0.680 bits per heavy atom. The minimum Gasteiger partial charge on any atom is -0.462 e. The second-order valence-corrected chi connectivity index (χ2v) is 25.0. The van der Waals surface area contributed by atoms with Gasteiger partial charge in [0.2, 0.25) is 0 Å². The maximum atomic E-state index is 12.8. The molecule has 0 aromatic heterocycles. The number of phosphoric ester groups is 1. The van der Waals surface area contributed by atoms with E-state index in [9.17, 15) is 19.0 Å². The second-order valence-electron chi connectivity index (χ2n) is 23.5. The molecule has 2 unspecified atom stereocenters. The van der Waals surface area contributed by atoms with Gasteiger partial charge in [-0.25, -0.2) is 4.57 Å². The first-order chi connectivity index (χ1) is 36.5. The monoisotopic (exact) mass is 1080 g/mol. The van der Waals surface area contributed by atoms with Gasteiger partial charge in [-0.2, -0.15) is 0 Å². The van der Waals surface area contributed by atoms with Crippen LogP contribution in [0.15, 0.2) is 24.3 Å². The fraction of sp³-hybridized carbons (Fsp3) is 0.908. The number of rotatable bonds is 61. The molecule has 0 bridgehead atoms. The van der Waals surface area contributed by atoms with Crippen LogP contribution in [0.5, 0.6) is 0 Å². The van der Waals surface area contributed by atoms with Crippen LogP contribution in [0.3, 0.4) is 0 Å². The average molecular weight is 1080 g/mol. The Bertz CT molecular complexity index is 1320. The van der Waals surface area contributed by atoms with E-state index in [4.69, 9.17) is 18.5 Å². The number of quaternary nitrogens is 1. The van der Waals surface area contributed by atoms with E-state index in [0.717, 1.165) is 32.1 Å². The topological polar surface area (TPSA) is 108 Å².